The number of benzene rings is 1. The third-order valence-electron chi connectivity index (χ3n) is 3.00. The van der Waals surface area contributed by atoms with Crippen molar-refractivity contribution in [2.45, 2.75) is 57.6 Å². The molecule has 0 aromatic heterocycles. The molecule has 4 heteroatoms. The van der Waals surface area contributed by atoms with Crippen LogP contribution < -0.4 is 4.74 Å². The van der Waals surface area contributed by atoms with Gasteiger partial charge in [-0.15, -0.1) is 0 Å². The molecule has 0 bridgehead atoms. The smallest absolute Gasteiger partial charge is 0.119 e. The van der Waals surface area contributed by atoms with Gasteiger partial charge in [0.15, 0.2) is 0 Å². The first-order valence-electron chi connectivity index (χ1n) is 7.59. The number of hydrogen-bond donors (Lipinski definition) is 0. The van der Waals surface area contributed by atoms with Gasteiger partial charge in [0, 0.05) is 11.9 Å². The molecule has 0 radical (unpaired) electrons. The van der Waals surface area contributed by atoms with Gasteiger partial charge in [0.1, 0.15) is 5.75 Å². The molecule has 2 rings (SSSR count). The van der Waals surface area contributed by atoms with E-state index in [2.05, 4.69) is 26.0 Å². The molecule has 0 amide bonds. The Morgan fingerprint density at radius 2 is 1.67 bits per heavy atom. The van der Waals surface area contributed by atoms with Crippen molar-refractivity contribution in [3.05, 3.63) is 29.8 Å². The van der Waals surface area contributed by atoms with E-state index >= 15 is 0 Å². The highest BCUT2D eigenvalue weighted by molar-refractivity contribution is 8.77. The molecular weight excluding hydrogens is 300 g/mol. The Hall–Kier alpha value is -0.320. The first-order chi connectivity index (χ1) is 10.1. The lowest BCUT2D eigenvalue weighted by Crippen LogP contribution is -2.33. The molecule has 2 unspecified atom stereocenters. The van der Waals surface area contributed by atoms with Gasteiger partial charge in [0.2, 0.25) is 0 Å². The van der Waals surface area contributed by atoms with Crippen LogP contribution in [-0.2, 0) is 4.74 Å². The second-order valence-electron chi connectivity index (χ2n) is 4.64. The van der Waals surface area contributed by atoms with Crippen molar-refractivity contribution in [1.29, 1.82) is 0 Å². The summed E-state index contributed by atoms with van der Waals surface area (Å²) in [6, 6.07) is 8.26. The Kier molecular flexibility index (Phi) is 10.3. The summed E-state index contributed by atoms with van der Waals surface area (Å²) in [7, 11) is 7.29. The first kappa shape index (κ1) is 20.7. The highest BCUT2D eigenvalue weighted by Gasteiger charge is 2.44. The Labute approximate surface area is 138 Å². The van der Waals surface area contributed by atoms with Crippen LogP contribution in [0, 0.1) is 0 Å². The van der Waals surface area contributed by atoms with Gasteiger partial charge >= 0.3 is 0 Å². The van der Waals surface area contributed by atoms with Crippen LogP contribution in [0.2, 0.25) is 0 Å². The van der Waals surface area contributed by atoms with E-state index in [0.29, 0.717) is 5.25 Å². The molecule has 21 heavy (non-hydrogen) atoms. The van der Waals surface area contributed by atoms with Gasteiger partial charge in [0.05, 0.1) is 18.5 Å². The number of ether oxygens (including phenoxy) is 2. The van der Waals surface area contributed by atoms with Gasteiger partial charge in [-0.2, -0.15) is 0 Å². The summed E-state index contributed by atoms with van der Waals surface area (Å²) in [6.07, 6.45) is 0.226. The SMILES string of the molecule is CC.CC.COc1cccc(C2SSC(C)(C)C2OC)c1. The number of hydrogen-bond acceptors (Lipinski definition) is 4. The van der Waals surface area contributed by atoms with E-state index in [1.807, 2.05) is 61.4 Å². The molecule has 0 N–H and O–H groups in total. The van der Waals surface area contributed by atoms with Crippen LogP contribution in [0.5, 0.6) is 5.75 Å². The lowest BCUT2D eigenvalue weighted by Gasteiger charge is -2.27. The molecular formula is C17H30O2S2. The second-order valence-corrected chi connectivity index (χ2v) is 7.63. The van der Waals surface area contributed by atoms with Gasteiger partial charge in [-0.25, -0.2) is 0 Å². The zero-order valence-electron chi connectivity index (χ0n) is 14.6. The molecule has 1 aromatic carbocycles. The lowest BCUT2D eigenvalue weighted by atomic mass is 9.97. The van der Waals surface area contributed by atoms with Crippen LogP contribution in [0.4, 0.5) is 0 Å². The first-order valence-corrected chi connectivity index (χ1v) is 9.81. The van der Waals surface area contributed by atoms with Gasteiger partial charge in [-0.1, -0.05) is 61.4 Å². The molecule has 1 aliphatic rings. The predicted molar refractivity (Wildman–Crippen MR) is 98.5 cm³/mol. The van der Waals surface area contributed by atoms with Crippen LogP contribution >= 0.6 is 21.6 Å². The van der Waals surface area contributed by atoms with E-state index in [-0.39, 0.29) is 10.9 Å². The maximum Gasteiger partial charge on any atom is 0.119 e. The summed E-state index contributed by atoms with van der Waals surface area (Å²) in [6.45, 7) is 12.5. The third kappa shape index (κ3) is 5.42. The van der Waals surface area contributed by atoms with Crippen LogP contribution in [0.3, 0.4) is 0 Å². The standard InChI is InChI=1S/C13H18O2S2.2C2H6/c1-13(2)12(15-4)11(16-17-13)9-6-5-7-10(8-9)14-3;2*1-2/h5-8,11-12H,1-4H3;2*1-2H3. The third-order valence-corrected chi connectivity index (χ3v) is 6.69. The van der Waals surface area contributed by atoms with E-state index in [1.54, 1.807) is 14.2 Å². The van der Waals surface area contributed by atoms with E-state index in [1.165, 1.54) is 5.56 Å². The molecule has 1 saturated heterocycles. The molecule has 0 saturated carbocycles. The van der Waals surface area contributed by atoms with Gasteiger partial charge in [0.25, 0.3) is 0 Å². The summed E-state index contributed by atoms with van der Waals surface area (Å²) < 4.78 is 11.1. The molecule has 2 atom stereocenters. The fourth-order valence-electron chi connectivity index (χ4n) is 2.09. The van der Waals surface area contributed by atoms with E-state index < -0.39 is 0 Å². The fraction of sp³-hybridized carbons (Fsp3) is 0.647. The van der Waals surface area contributed by atoms with Crippen LogP contribution in [0.15, 0.2) is 24.3 Å². The molecule has 1 fully saturated rings. The lowest BCUT2D eigenvalue weighted by molar-refractivity contribution is 0.0791. The summed E-state index contributed by atoms with van der Waals surface area (Å²) in [5.41, 5.74) is 1.28. The maximum absolute atomic E-state index is 5.68. The Balaban J connectivity index is 0.000000921. The largest absolute Gasteiger partial charge is 0.497 e. The quantitative estimate of drug-likeness (QED) is 0.635. The van der Waals surface area contributed by atoms with Crippen molar-refractivity contribution in [2.75, 3.05) is 14.2 Å². The summed E-state index contributed by atoms with van der Waals surface area (Å²) in [4.78, 5) is 0. The van der Waals surface area contributed by atoms with Gasteiger partial charge in [-0.05, 0) is 31.5 Å². The normalized spacial score (nSPS) is 22.5. The molecule has 2 nitrogen and oxygen atoms in total. The van der Waals surface area contributed by atoms with Crippen molar-refractivity contribution < 1.29 is 9.47 Å². The minimum Gasteiger partial charge on any atom is -0.497 e. The predicted octanol–water partition coefficient (Wildman–Crippen LogP) is 5.98. The highest BCUT2D eigenvalue weighted by Crippen LogP contribution is 2.59. The van der Waals surface area contributed by atoms with Crippen molar-refractivity contribution >= 4 is 21.6 Å². The van der Waals surface area contributed by atoms with Gasteiger partial charge in [-0.3, -0.25) is 0 Å². The van der Waals surface area contributed by atoms with Crippen molar-refractivity contribution in [3.63, 3.8) is 0 Å². The minimum atomic E-state index is 0.146. The molecule has 1 aromatic rings. The molecule has 1 aliphatic heterocycles. The summed E-state index contributed by atoms with van der Waals surface area (Å²) in [5, 5.41) is 0.370. The van der Waals surface area contributed by atoms with Gasteiger partial charge < -0.3 is 9.47 Å². The average Bonchev–Trinajstić information content (AvgIpc) is 2.85. The van der Waals surface area contributed by atoms with Crippen molar-refractivity contribution in [3.8, 4) is 5.75 Å². The fourth-order valence-corrected chi connectivity index (χ4v) is 5.65. The Morgan fingerprint density at radius 1 is 1.05 bits per heavy atom. The second kappa shape index (κ2) is 10.4. The molecule has 122 valence electrons. The Bertz CT molecular complexity index is 394. The zero-order valence-corrected chi connectivity index (χ0v) is 16.2. The van der Waals surface area contributed by atoms with Crippen LogP contribution in [-0.4, -0.2) is 25.1 Å². The maximum atomic E-state index is 5.68. The number of rotatable bonds is 3. The topological polar surface area (TPSA) is 18.5 Å². The van der Waals surface area contributed by atoms with E-state index in [4.69, 9.17) is 9.47 Å². The Morgan fingerprint density at radius 3 is 2.19 bits per heavy atom. The van der Waals surface area contributed by atoms with Crippen molar-refractivity contribution in [1.82, 2.24) is 0 Å². The zero-order chi connectivity index (χ0) is 16.5. The molecule has 0 aliphatic carbocycles. The van der Waals surface area contributed by atoms with E-state index in [0.717, 1.165) is 5.75 Å². The molecule has 1 heterocycles. The van der Waals surface area contributed by atoms with Crippen LogP contribution in [0.25, 0.3) is 0 Å². The number of methoxy groups -OCH3 is 2. The monoisotopic (exact) mass is 330 g/mol. The van der Waals surface area contributed by atoms with Crippen LogP contribution in [0.1, 0.15) is 52.4 Å². The average molecular weight is 331 g/mol. The van der Waals surface area contributed by atoms with E-state index in [9.17, 15) is 0 Å². The summed E-state index contributed by atoms with van der Waals surface area (Å²) in [5.74, 6) is 0.910. The summed E-state index contributed by atoms with van der Waals surface area (Å²) >= 11 is 0. The minimum absolute atomic E-state index is 0.146. The molecule has 0 spiro atoms. The van der Waals surface area contributed by atoms with Crippen molar-refractivity contribution in [2.24, 2.45) is 0 Å². The highest BCUT2D eigenvalue weighted by atomic mass is 33.1.